The minimum Gasteiger partial charge on any atom is -0.508 e. The van der Waals surface area contributed by atoms with Gasteiger partial charge in [0.2, 0.25) is 5.91 Å². The van der Waals surface area contributed by atoms with E-state index in [1.807, 2.05) is 55.6 Å². The fourth-order valence-corrected chi connectivity index (χ4v) is 11.0. The summed E-state index contributed by atoms with van der Waals surface area (Å²) in [6.07, 6.45) is 11.0. The lowest BCUT2D eigenvalue weighted by atomic mass is 9.77. The van der Waals surface area contributed by atoms with Crippen LogP contribution >= 0.6 is 0 Å². The van der Waals surface area contributed by atoms with Gasteiger partial charge in [0.15, 0.2) is 5.60 Å². The molecule has 3 unspecified atom stereocenters. The molecule has 0 saturated carbocycles. The van der Waals surface area contributed by atoms with Gasteiger partial charge in [0, 0.05) is 95.5 Å². The van der Waals surface area contributed by atoms with E-state index in [1.54, 1.807) is 35.0 Å². The Bertz CT molecular complexity index is 3090. The summed E-state index contributed by atoms with van der Waals surface area (Å²) in [7, 11) is 0. The Kier molecular flexibility index (Phi) is 24.4. The van der Waals surface area contributed by atoms with Crippen LogP contribution in [0, 0.1) is 22.2 Å². The lowest BCUT2D eigenvalue weighted by Gasteiger charge is -2.38. The molecule has 4 N–H and O–H groups in total. The molecule has 3 atom stereocenters. The van der Waals surface area contributed by atoms with Crippen LogP contribution in [0.2, 0.25) is 0 Å². The van der Waals surface area contributed by atoms with Crippen LogP contribution in [0.25, 0.3) is 0 Å². The molecule has 2 aliphatic heterocycles. The SMILES string of the molecule is C.CCn1cc(CCOCC(CC)(COCC(CC)(COCCc2cn(CNCC(=O)Nc3ccc4c(c3)C(=O)OC43c4ccc(O)cc4Oc4cc(O)ccc43)nn2)COC(C)C)COCC(CC)(COCCc2cn(CC)nn2)CC(C)C)nn1. The highest BCUT2D eigenvalue weighted by Gasteiger charge is 2.54. The zero-order valence-corrected chi connectivity index (χ0v) is 51.6. The number of amides is 1. The second-order valence-electron chi connectivity index (χ2n) is 23.7. The molecule has 0 fully saturated rings. The molecule has 23 heteroatoms. The predicted octanol–water partition coefficient (Wildman–Crippen LogP) is 9.07. The number of hydrogen-bond acceptors (Lipinski definition) is 19. The molecule has 0 bridgehead atoms. The summed E-state index contributed by atoms with van der Waals surface area (Å²) in [5.41, 5.74) is 2.25. The van der Waals surface area contributed by atoms with E-state index in [-0.39, 0.29) is 66.6 Å². The summed E-state index contributed by atoms with van der Waals surface area (Å²) >= 11 is 0. The first-order valence-corrected chi connectivity index (χ1v) is 30.4. The summed E-state index contributed by atoms with van der Waals surface area (Å²) < 4.78 is 56.7. The number of rotatable bonds is 38. The summed E-state index contributed by atoms with van der Waals surface area (Å²) in [5, 5.41) is 52.1. The predicted molar refractivity (Wildman–Crippen MR) is 327 cm³/mol. The maximum Gasteiger partial charge on any atom is 0.340 e. The fraction of sp³-hybridized carbons (Fsp3) is 0.594. The van der Waals surface area contributed by atoms with Crippen LogP contribution in [0.15, 0.2) is 73.2 Å². The molecule has 0 saturated heterocycles. The van der Waals surface area contributed by atoms with Gasteiger partial charge in [-0.1, -0.05) is 63.8 Å². The molecule has 0 radical (unpaired) electrons. The molecule has 23 nitrogen and oxygen atoms in total. The number of phenols is 2. The van der Waals surface area contributed by atoms with Crippen LogP contribution < -0.4 is 15.4 Å². The molecule has 3 aromatic carbocycles. The quantitative estimate of drug-likeness (QED) is 0.0208. The Hall–Kier alpha value is -6.86. The summed E-state index contributed by atoms with van der Waals surface area (Å²) in [5.74, 6) is -0.0241. The highest BCUT2D eigenvalue weighted by atomic mass is 16.6. The average Bonchev–Trinajstić information content (AvgIpc) is 1.64. The van der Waals surface area contributed by atoms with E-state index >= 15 is 0 Å². The molecule has 3 aromatic heterocycles. The van der Waals surface area contributed by atoms with E-state index in [0.717, 1.165) is 55.9 Å². The monoisotopic (exact) mass is 1210 g/mol. The molecule has 0 aliphatic carbocycles. The topological polar surface area (TPSA) is 265 Å². The number of anilines is 1. The third kappa shape index (κ3) is 17.5. The van der Waals surface area contributed by atoms with Crippen LogP contribution in [-0.4, -0.2) is 152 Å². The van der Waals surface area contributed by atoms with Crippen molar-refractivity contribution in [2.75, 3.05) is 84.5 Å². The van der Waals surface area contributed by atoms with Crippen molar-refractivity contribution in [1.82, 2.24) is 50.3 Å². The molecule has 6 aromatic rings. The number of aryl methyl sites for hydroxylation is 2. The second-order valence-corrected chi connectivity index (χ2v) is 23.7. The number of phenolic OH excluding ortho intramolecular Hbond substituents is 2. The number of fused-ring (bicyclic) bond motifs is 6. The summed E-state index contributed by atoms with van der Waals surface area (Å²) in [6, 6.07) is 14.1. The maximum absolute atomic E-state index is 13.6. The fourth-order valence-electron chi connectivity index (χ4n) is 11.0. The van der Waals surface area contributed by atoms with Gasteiger partial charge in [0.1, 0.15) is 23.0 Å². The molecular formula is C64H93N11O12. The minimum absolute atomic E-state index is 0. The first-order chi connectivity index (χ1) is 41.5. The standard InChI is InChI=1S/C63H89N11O12.CH4/c1-10-60(30-44(6)7,35-79-24-21-47-32-72(13-4)69-66-47)36-82-39-61(11-2,37-80-25-22-48-33-73(14-5)70-67-48)40-83-41-62(12-3,42-84-45(8)9)38-81-26-23-49-34-74(71-68-49)43-64-31-58(77)65-46-15-18-53-52(27-46)59(78)86-63(53)54-19-16-50(75)28-56(54)85-57-29-51(76)17-20-55(57)63;/h15-20,27-29,32-34,44-45,64,75-76H,10-14,21-26,30-31,35-43H2,1-9H3,(H,65,77);1H4. The lowest BCUT2D eigenvalue weighted by Crippen LogP contribution is -2.43. The van der Waals surface area contributed by atoms with Crippen LogP contribution in [0.1, 0.15) is 140 Å². The largest absolute Gasteiger partial charge is 0.508 e. The van der Waals surface area contributed by atoms with E-state index in [1.165, 1.54) is 24.3 Å². The normalized spacial score (nSPS) is 15.3. The first-order valence-electron chi connectivity index (χ1n) is 30.4. The van der Waals surface area contributed by atoms with Crippen molar-refractivity contribution in [2.45, 2.75) is 146 Å². The Morgan fingerprint density at radius 2 is 1.07 bits per heavy atom. The van der Waals surface area contributed by atoms with Crippen LogP contribution in [-0.2, 0) is 82.6 Å². The van der Waals surface area contributed by atoms with Crippen molar-refractivity contribution < 1.29 is 57.7 Å². The van der Waals surface area contributed by atoms with E-state index in [9.17, 15) is 19.8 Å². The molecule has 1 amide bonds. The Morgan fingerprint density at radius 1 is 0.609 bits per heavy atom. The number of ether oxygens (including phenoxy) is 8. The number of nitrogens with zero attached hydrogens (tertiary/aromatic N) is 9. The van der Waals surface area contributed by atoms with E-state index < -0.39 is 22.4 Å². The van der Waals surface area contributed by atoms with E-state index in [0.29, 0.717) is 120 Å². The Balaban J connectivity index is 0.0000108. The third-order valence-corrected chi connectivity index (χ3v) is 16.2. The Labute approximate surface area is 512 Å². The second kappa shape index (κ2) is 31.4. The minimum atomic E-state index is -1.41. The number of carbonyl (C=O) groups is 2. The van der Waals surface area contributed by atoms with Crippen molar-refractivity contribution in [2.24, 2.45) is 22.2 Å². The number of nitrogens with one attached hydrogen (secondary N) is 2. The van der Waals surface area contributed by atoms with Gasteiger partial charge in [0.05, 0.1) is 121 Å². The van der Waals surface area contributed by atoms with E-state index in [2.05, 4.69) is 76.2 Å². The highest BCUT2D eigenvalue weighted by Crippen LogP contribution is 2.57. The molecule has 2 aliphatic rings. The summed E-state index contributed by atoms with van der Waals surface area (Å²) in [4.78, 5) is 26.8. The number of carbonyl (C=O) groups excluding carboxylic acids is 2. The third-order valence-electron chi connectivity index (χ3n) is 16.2. The maximum atomic E-state index is 13.6. The van der Waals surface area contributed by atoms with Crippen molar-refractivity contribution in [3.63, 3.8) is 0 Å². The number of esters is 1. The van der Waals surface area contributed by atoms with Crippen molar-refractivity contribution in [3.8, 4) is 23.0 Å². The number of benzene rings is 3. The molecule has 5 heterocycles. The van der Waals surface area contributed by atoms with E-state index in [4.69, 9.17) is 37.9 Å². The van der Waals surface area contributed by atoms with Gasteiger partial charge in [-0.3, -0.25) is 19.5 Å². The smallest absolute Gasteiger partial charge is 0.340 e. The molecule has 8 rings (SSSR count). The molecule has 87 heavy (non-hydrogen) atoms. The average molecular weight is 1210 g/mol. The van der Waals surface area contributed by atoms with Gasteiger partial charge < -0.3 is 53.4 Å². The zero-order chi connectivity index (χ0) is 61.3. The van der Waals surface area contributed by atoms with Gasteiger partial charge in [0.25, 0.3) is 0 Å². The van der Waals surface area contributed by atoms with Crippen molar-refractivity contribution in [3.05, 3.63) is 113 Å². The molecule has 1 spiro atoms. The van der Waals surface area contributed by atoms with Gasteiger partial charge in [-0.15, -0.1) is 15.3 Å². The van der Waals surface area contributed by atoms with Gasteiger partial charge in [-0.25, -0.2) is 9.48 Å². The van der Waals surface area contributed by atoms with Gasteiger partial charge in [-0.05, 0) is 95.7 Å². The lowest BCUT2D eigenvalue weighted by molar-refractivity contribution is -0.124. The van der Waals surface area contributed by atoms with Crippen molar-refractivity contribution in [1.29, 1.82) is 0 Å². The molecule has 476 valence electrons. The van der Waals surface area contributed by atoms with Crippen LogP contribution in [0.5, 0.6) is 23.0 Å². The first kappa shape index (κ1) is 67.6. The highest BCUT2D eigenvalue weighted by molar-refractivity contribution is 6.00. The number of aromatic nitrogens is 9. The zero-order valence-electron chi connectivity index (χ0n) is 51.6. The van der Waals surface area contributed by atoms with Gasteiger partial charge in [-0.2, -0.15) is 0 Å². The van der Waals surface area contributed by atoms with Gasteiger partial charge >= 0.3 is 5.97 Å². The Morgan fingerprint density at radius 3 is 1.55 bits per heavy atom. The van der Waals surface area contributed by atoms with Crippen LogP contribution in [0.3, 0.4) is 0 Å². The number of hydrogen-bond donors (Lipinski definition) is 4. The van der Waals surface area contributed by atoms with Crippen LogP contribution in [0.4, 0.5) is 5.69 Å². The molecular weight excluding hydrogens is 1110 g/mol. The van der Waals surface area contributed by atoms with Crippen molar-refractivity contribution >= 4 is 17.6 Å². The summed E-state index contributed by atoms with van der Waals surface area (Å²) in [6.45, 7) is 26.0. The number of aromatic hydroxyl groups is 2.